The molecule has 1 aromatic rings. The molecule has 34 heavy (non-hydrogen) atoms. The monoisotopic (exact) mass is 491 g/mol. The molecule has 11 heteroatoms. The average molecular weight is 492 g/mol. The number of carbonyl (C=O) groups excluding carboxylic acids is 3. The lowest BCUT2D eigenvalue weighted by Crippen LogP contribution is -2.72. The second kappa shape index (κ2) is 7.46. The number of nitrogens with two attached hydrogens (primary N) is 1. The molecule has 0 radical (unpaired) electrons. The molecule has 1 amide bonds. The number of phenolic OH excluding ortho intramolecular Hbond substituents is 1. The van der Waals surface area contributed by atoms with Crippen LogP contribution in [0.25, 0.3) is 0 Å². The third kappa shape index (κ3) is 2.79. The second-order valence-electron chi connectivity index (χ2n) is 9.44. The molecular weight excluding hydrogens is 466 g/mol. The van der Waals surface area contributed by atoms with Crippen molar-refractivity contribution in [2.75, 3.05) is 33.1 Å². The minimum atomic E-state index is -2.92. The Morgan fingerprint density at radius 1 is 1.15 bits per heavy atom. The third-order valence-corrected chi connectivity index (χ3v) is 7.72. The largest absolute Gasteiger partial charge is 0.510 e. The van der Waals surface area contributed by atoms with Crippen LogP contribution in [0.15, 0.2) is 34.8 Å². The summed E-state index contributed by atoms with van der Waals surface area (Å²) in [6, 6.07) is 1.72. The number of hydrogen-bond donors (Lipinski definition) is 5. The summed E-state index contributed by atoms with van der Waals surface area (Å²) in [5.41, 5.74) is 2.38. The van der Waals surface area contributed by atoms with Gasteiger partial charge in [-0.1, -0.05) is 0 Å². The van der Waals surface area contributed by atoms with Gasteiger partial charge >= 0.3 is 0 Å². The van der Waals surface area contributed by atoms with Crippen LogP contribution in [0.4, 0.5) is 5.69 Å². The highest BCUT2D eigenvalue weighted by Gasteiger charge is 2.71. The van der Waals surface area contributed by atoms with Crippen LogP contribution in [0.2, 0.25) is 0 Å². The van der Waals surface area contributed by atoms with E-state index in [9.17, 15) is 34.8 Å². The number of fused-ring (bicyclic) bond motifs is 3. The van der Waals surface area contributed by atoms with E-state index in [4.69, 9.17) is 17.3 Å². The van der Waals surface area contributed by atoms with Gasteiger partial charge in [-0.3, -0.25) is 19.3 Å². The number of aliphatic hydroxyl groups excluding tert-OH is 2. The number of alkyl halides is 1. The molecule has 3 aliphatic rings. The average Bonchev–Trinajstić information content (AvgIpc) is 2.70. The molecule has 0 fully saturated rings. The van der Waals surface area contributed by atoms with Crippen molar-refractivity contribution in [1.29, 1.82) is 0 Å². The number of ketones is 2. The number of allylic oxidation sites excluding steroid dienone is 1. The Bertz CT molecular complexity index is 1220. The van der Waals surface area contributed by atoms with E-state index in [1.54, 1.807) is 25.1 Å². The Balaban J connectivity index is 2.03. The first-order valence-corrected chi connectivity index (χ1v) is 10.9. The van der Waals surface area contributed by atoms with E-state index in [2.05, 4.69) is 0 Å². The molecule has 6 N–H and O–H groups in total. The fraction of sp³-hybridized carbons (Fsp3) is 0.435. The third-order valence-electron chi connectivity index (χ3n) is 7.09. The number of rotatable bonds is 3. The smallest absolute Gasteiger partial charge is 0.255 e. The Hall–Kier alpha value is -3.08. The Labute approximate surface area is 200 Å². The van der Waals surface area contributed by atoms with Crippen molar-refractivity contribution in [2.45, 2.75) is 29.4 Å². The van der Waals surface area contributed by atoms with Crippen molar-refractivity contribution >= 4 is 34.8 Å². The van der Waals surface area contributed by atoms with Gasteiger partial charge in [0.2, 0.25) is 11.4 Å². The number of aromatic hydroxyl groups is 1. The van der Waals surface area contributed by atoms with E-state index in [1.165, 1.54) is 25.1 Å². The number of likely N-dealkylation sites (N-methyl/N-ethyl adjacent to an activating group) is 1. The summed E-state index contributed by atoms with van der Waals surface area (Å²) in [5.74, 6) is -6.24. The molecule has 0 unspecified atom stereocenters. The Kier molecular flexibility index (Phi) is 5.28. The van der Waals surface area contributed by atoms with E-state index in [0.29, 0.717) is 11.3 Å². The molecule has 0 saturated carbocycles. The molecule has 0 spiro atoms. The molecule has 0 heterocycles. The summed E-state index contributed by atoms with van der Waals surface area (Å²) >= 11 is 6.94. The van der Waals surface area contributed by atoms with Gasteiger partial charge in [-0.15, -0.1) is 11.6 Å². The van der Waals surface area contributed by atoms with Crippen LogP contribution < -0.4 is 10.6 Å². The SMILES string of the molecule is CN(C)c1ccc(O)c2c1C[C@@H]1C[C@]3(Cl)[C@@H](N(C)C)C(O)=C(C(N)=O)C(=O)[C@]3(O)C(O)=C1C2=O. The van der Waals surface area contributed by atoms with Crippen LogP contribution in [-0.2, 0) is 16.0 Å². The Morgan fingerprint density at radius 3 is 2.29 bits per heavy atom. The molecule has 3 aliphatic carbocycles. The molecular formula is C23H26ClN3O7. The van der Waals surface area contributed by atoms with Crippen LogP contribution >= 0.6 is 11.6 Å². The lowest BCUT2D eigenvalue weighted by molar-refractivity contribution is -0.145. The molecule has 0 aromatic heterocycles. The maximum atomic E-state index is 13.6. The molecule has 0 bridgehead atoms. The fourth-order valence-electron chi connectivity index (χ4n) is 5.69. The van der Waals surface area contributed by atoms with Crippen molar-refractivity contribution < 1.29 is 34.8 Å². The second-order valence-corrected chi connectivity index (χ2v) is 10.1. The Morgan fingerprint density at radius 2 is 1.76 bits per heavy atom. The summed E-state index contributed by atoms with van der Waals surface area (Å²) in [4.78, 5) is 40.0. The van der Waals surface area contributed by atoms with E-state index in [1.807, 2.05) is 0 Å². The number of amides is 1. The maximum absolute atomic E-state index is 13.6. The number of aliphatic hydroxyl groups is 3. The molecule has 1 aromatic carbocycles. The highest BCUT2D eigenvalue weighted by Crippen LogP contribution is 2.57. The number of phenols is 1. The lowest BCUT2D eigenvalue weighted by Gasteiger charge is -2.55. The molecule has 4 rings (SSSR count). The zero-order valence-electron chi connectivity index (χ0n) is 19.1. The van der Waals surface area contributed by atoms with Crippen molar-refractivity contribution in [3.05, 3.63) is 45.9 Å². The number of halogens is 1. The van der Waals surface area contributed by atoms with Crippen LogP contribution in [0, 0.1) is 5.92 Å². The van der Waals surface area contributed by atoms with E-state index >= 15 is 0 Å². The van der Waals surface area contributed by atoms with Gasteiger partial charge in [0.15, 0.2) is 5.78 Å². The number of hydrogen-bond acceptors (Lipinski definition) is 9. The van der Waals surface area contributed by atoms with Gasteiger partial charge in [0.05, 0.1) is 11.6 Å². The fourth-order valence-corrected chi connectivity index (χ4v) is 6.35. The predicted octanol–water partition coefficient (Wildman–Crippen LogP) is 0.548. The van der Waals surface area contributed by atoms with E-state index in [-0.39, 0.29) is 29.7 Å². The molecule has 10 nitrogen and oxygen atoms in total. The van der Waals surface area contributed by atoms with Crippen LogP contribution in [-0.4, -0.2) is 87.5 Å². The zero-order chi connectivity index (χ0) is 25.5. The normalized spacial score (nSPS) is 30.8. The molecule has 182 valence electrons. The van der Waals surface area contributed by atoms with Gasteiger partial charge in [0, 0.05) is 25.4 Å². The van der Waals surface area contributed by atoms with Crippen molar-refractivity contribution in [2.24, 2.45) is 11.7 Å². The van der Waals surface area contributed by atoms with Gasteiger partial charge in [0.25, 0.3) is 5.91 Å². The number of carbonyl (C=O) groups is 3. The van der Waals surface area contributed by atoms with Crippen molar-refractivity contribution in [3.8, 4) is 5.75 Å². The molecule has 0 saturated heterocycles. The quantitative estimate of drug-likeness (QED) is 0.300. The highest BCUT2D eigenvalue weighted by molar-refractivity contribution is 6.34. The molecule has 4 atom stereocenters. The number of nitrogens with zero attached hydrogens (tertiary/aromatic N) is 2. The maximum Gasteiger partial charge on any atom is 0.255 e. The summed E-state index contributed by atoms with van der Waals surface area (Å²) in [6.07, 6.45) is -0.0444. The van der Waals surface area contributed by atoms with Crippen LogP contribution in [0.1, 0.15) is 22.3 Å². The van der Waals surface area contributed by atoms with E-state index in [0.717, 1.165) is 0 Å². The first-order valence-electron chi connectivity index (χ1n) is 10.6. The predicted molar refractivity (Wildman–Crippen MR) is 123 cm³/mol. The van der Waals surface area contributed by atoms with Gasteiger partial charge in [0.1, 0.15) is 27.7 Å². The summed E-state index contributed by atoms with van der Waals surface area (Å²) < 4.78 is 0. The minimum Gasteiger partial charge on any atom is -0.510 e. The van der Waals surface area contributed by atoms with Gasteiger partial charge in [-0.2, -0.15) is 0 Å². The number of anilines is 1. The highest BCUT2D eigenvalue weighted by atomic mass is 35.5. The first kappa shape index (κ1) is 24.1. The first-order chi connectivity index (χ1) is 15.7. The van der Waals surface area contributed by atoms with Gasteiger partial charge in [-0.25, -0.2) is 0 Å². The summed E-state index contributed by atoms with van der Waals surface area (Å²) in [6.45, 7) is 0. The van der Waals surface area contributed by atoms with Crippen LogP contribution in [0.3, 0.4) is 0 Å². The summed E-state index contributed by atoms with van der Waals surface area (Å²) in [5, 5.41) is 44.2. The number of Topliss-reactive ketones (excluding diaryl/α,β-unsaturated/α-hetero) is 2. The van der Waals surface area contributed by atoms with Gasteiger partial charge < -0.3 is 31.1 Å². The van der Waals surface area contributed by atoms with Crippen molar-refractivity contribution in [3.63, 3.8) is 0 Å². The minimum absolute atomic E-state index is 0.0457. The number of primary amides is 1. The number of benzene rings is 1. The standard InChI is InChI=1S/C23H26ClN3O7/c1-26(2)11-5-6-12(28)14-10(11)7-9-8-22(24)18(27(3)4)17(30)15(21(25)33)20(32)23(22,34)19(31)13(9)16(14)29/h5-6,9,18,28,30-31,34H,7-8H2,1-4H3,(H2,25,33)/t9-,18+,22+,23-/m1/s1. The topological polar surface area (TPSA) is 165 Å². The van der Waals surface area contributed by atoms with Gasteiger partial charge in [-0.05, 0) is 50.6 Å². The summed E-state index contributed by atoms with van der Waals surface area (Å²) in [7, 11) is 6.58. The van der Waals surface area contributed by atoms with Crippen LogP contribution in [0.5, 0.6) is 5.75 Å². The zero-order valence-corrected chi connectivity index (χ0v) is 19.8. The lowest BCUT2D eigenvalue weighted by atomic mass is 9.58. The van der Waals surface area contributed by atoms with E-state index < -0.39 is 57.0 Å². The van der Waals surface area contributed by atoms with Crippen molar-refractivity contribution in [1.82, 2.24) is 4.90 Å². The molecule has 0 aliphatic heterocycles.